The van der Waals surface area contributed by atoms with Crippen molar-refractivity contribution in [3.05, 3.63) is 45.4 Å². The number of nitrogens with one attached hydrogen (secondary N) is 2. The van der Waals surface area contributed by atoms with Crippen LogP contribution in [0.3, 0.4) is 0 Å². The molecule has 2 N–H and O–H groups in total. The summed E-state index contributed by atoms with van der Waals surface area (Å²) in [4.78, 5) is 15.5. The zero-order valence-corrected chi connectivity index (χ0v) is 18.9. The van der Waals surface area contributed by atoms with Crippen LogP contribution in [0.4, 0.5) is 26.3 Å². The molecule has 184 valence electrons. The first-order valence-electron chi connectivity index (χ1n) is 10.4. The predicted molar refractivity (Wildman–Crippen MR) is 112 cm³/mol. The number of carbonyl (C=O) groups is 1. The molecule has 0 aliphatic rings. The number of carbonyl (C=O) groups excluding carboxylic acids is 1. The molecule has 0 fully saturated rings. The Kier molecular flexibility index (Phi) is 9.53. The second-order valence-corrected chi connectivity index (χ2v) is 8.29. The van der Waals surface area contributed by atoms with Gasteiger partial charge in [-0.05, 0) is 37.0 Å². The Hall–Kier alpha value is -2.34. The summed E-state index contributed by atoms with van der Waals surface area (Å²) in [5.41, 5.74) is -0.811. The Morgan fingerprint density at radius 2 is 1.79 bits per heavy atom. The van der Waals surface area contributed by atoms with Gasteiger partial charge in [0.25, 0.3) is 5.91 Å². The van der Waals surface area contributed by atoms with Crippen LogP contribution in [-0.2, 0) is 19.0 Å². The van der Waals surface area contributed by atoms with E-state index in [9.17, 15) is 31.1 Å². The molecule has 0 unspecified atom stereocenters. The van der Waals surface area contributed by atoms with Crippen LogP contribution in [0.5, 0.6) is 5.75 Å². The van der Waals surface area contributed by atoms with Gasteiger partial charge in [-0.15, -0.1) is 24.5 Å². The summed E-state index contributed by atoms with van der Waals surface area (Å²) in [5, 5.41) is 5.82. The van der Waals surface area contributed by atoms with E-state index < -0.39 is 34.8 Å². The lowest BCUT2D eigenvalue weighted by molar-refractivity contribution is -0.274. The minimum absolute atomic E-state index is 0.0743. The van der Waals surface area contributed by atoms with E-state index >= 15 is 0 Å². The minimum Gasteiger partial charge on any atom is -0.406 e. The van der Waals surface area contributed by atoms with Gasteiger partial charge in [0.1, 0.15) is 10.6 Å². The highest BCUT2D eigenvalue weighted by Gasteiger charge is 2.39. The van der Waals surface area contributed by atoms with Gasteiger partial charge in [0.2, 0.25) is 0 Å². The lowest BCUT2D eigenvalue weighted by Crippen LogP contribution is -2.29. The van der Waals surface area contributed by atoms with Gasteiger partial charge >= 0.3 is 12.5 Å². The molecule has 2 aromatic rings. The molecule has 2 rings (SSSR count). The molecule has 0 bridgehead atoms. The lowest BCUT2D eigenvalue weighted by Gasteiger charge is -2.13. The van der Waals surface area contributed by atoms with E-state index in [2.05, 4.69) is 20.4 Å². The van der Waals surface area contributed by atoms with Gasteiger partial charge in [-0.25, -0.2) is 4.98 Å². The number of ether oxygens (including phenoxy) is 1. The van der Waals surface area contributed by atoms with E-state index in [0.29, 0.717) is 23.4 Å². The van der Waals surface area contributed by atoms with Gasteiger partial charge in [-0.3, -0.25) is 4.79 Å². The van der Waals surface area contributed by atoms with Crippen LogP contribution >= 0.6 is 11.3 Å². The van der Waals surface area contributed by atoms with Crippen molar-refractivity contribution in [3.8, 4) is 5.75 Å². The maximum Gasteiger partial charge on any atom is 0.573 e. The van der Waals surface area contributed by atoms with E-state index in [-0.39, 0.29) is 30.4 Å². The molecule has 1 heterocycles. The van der Waals surface area contributed by atoms with Crippen LogP contribution in [0.2, 0.25) is 0 Å². The Morgan fingerprint density at radius 1 is 1.09 bits per heavy atom. The number of rotatable bonds is 11. The third kappa shape index (κ3) is 8.84. The Bertz CT molecular complexity index is 910. The monoisotopic (exact) mass is 497 g/mol. The zero-order chi connectivity index (χ0) is 24.6. The smallest absolute Gasteiger partial charge is 0.406 e. The number of hydrogen-bond donors (Lipinski definition) is 2. The topological polar surface area (TPSA) is 63.2 Å². The molecular formula is C21H25F6N3O2S. The Morgan fingerprint density at radius 3 is 2.39 bits per heavy atom. The summed E-state index contributed by atoms with van der Waals surface area (Å²) in [6.45, 7) is 4.38. The fourth-order valence-corrected chi connectivity index (χ4v) is 4.08. The average Bonchev–Trinajstić information content (AvgIpc) is 3.15. The molecule has 0 saturated heterocycles. The third-order valence-corrected chi connectivity index (χ3v) is 5.85. The number of benzene rings is 1. The normalized spacial score (nSPS) is 12.3. The van der Waals surface area contributed by atoms with Crippen molar-refractivity contribution in [2.24, 2.45) is 0 Å². The molecule has 0 atom stereocenters. The lowest BCUT2D eigenvalue weighted by atomic mass is 10.1. The number of thiazole rings is 1. The molecule has 1 aromatic heterocycles. The fourth-order valence-electron chi connectivity index (χ4n) is 3.08. The summed E-state index contributed by atoms with van der Waals surface area (Å²) < 4.78 is 81.0. The van der Waals surface area contributed by atoms with Crippen molar-refractivity contribution in [2.75, 3.05) is 13.1 Å². The van der Waals surface area contributed by atoms with Crippen LogP contribution in [0, 0.1) is 0 Å². The van der Waals surface area contributed by atoms with Crippen molar-refractivity contribution in [2.45, 2.75) is 58.1 Å². The molecule has 5 nitrogen and oxygen atoms in total. The summed E-state index contributed by atoms with van der Waals surface area (Å²) in [6.07, 6.45) is -7.49. The van der Waals surface area contributed by atoms with Crippen LogP contribution in [-0.4, -0.2) is 36.4 Å². The van der Waals surface area contributed by atoms with Gasteiger partial charge in [-0.1, -0.05) is 26.0 Å². The molecule has 0 aliphatic heterocycles. The predicted octanol–water partition coefficient (Wildman–Crippen LogP) is 5.35. The largest absolute Gasteiger partial charge is 0.573 e. The maximum absolute atomic E-state index is 13.4. The van der Waals surface area contributed by atoms with Crippen molar-refractivity contribution in [3.63, 3.8) is 0 Å². The van der Waals surface area contributed by atoms with Crippen LogP contribution < -0.4 is 15.4 Å². The van der Waals surface area contributed by atoms with Gasteiger partial charge in [0, 0.05) is 25.6 Å². The second kappa shape index (κ2) is 11.7. The molecule has 0 saturated carbocycles. The van der Waals surface area contributed by atoms with Crippen LogP contribution in [0.15, 0.2) is 24.3 Å². The molecule has 0 spiro atoms. The molecule has 12 heteroatoms. The van der Waals surface area contributed by atoms with E-state index in [1.807, 2.05) is 13.8 Å². The van der Waals surface area contributed by atoms with Crippen molar-refractivity contribution < 1.29 is 35.9 Å². The van der Waals surface area contributed by atoms with E-state index in [0.717, 1.165) is 25.0 Å². The third-order valence-electron chi connectivity index (χ3n) is 4.73. The summed E-state index contributed by atoms with van der Waals surface area (Å²) in [5.74, 6) is -1.35. The highest BCUT2D eigenvalue weighted by molar-refractivity contribution is 7.13. The number of nitrogens with zero attached hydrogens (tertiary/aromatic N) is 1. The van der Waals surface area contributed by atoms with Crippen LogP contribution in [0.1, 0.15) is 52.6 Å². The SMILES string of the molecule is CCC(CC)NCCc1nc(C(F)(F)F)c(C(=O)NCCc2cccc(OC(F)(F)F)c2)s1. The summed E-state index contributed by atoms with van der Waals surface area (Å²) in [7, 11) is 0. The summed E-state index contributed by atoms with van der Waals surface area (Å²) in [6, 6.07) is 5.41. The molecule has 1 amide bonds. The fraction of sp³-hybridized carbons (Fsp3) is 0.524. The van der Waals surface area contributed by atoms with Crippen molar-refractivity contribution >= 4 is 17.2 Å². The molecule has 1 aromatic carbocycles. The van der Waals surface area contributed by atoms with Crippen molar-refractivity contribution in [1.29, 1.82) is 0 Å². The second-order valence-electron chi connectivity index (χ2n) is 7.20. The van der Waals surface area contributed by atoms with E-state index in [1.165, 1.54) is 12.1 Å². The quantitative estimate of drug-likeness (QED) is 0.411. The summed E-state index contributed by atoms with van der Waals surface area (Å²) >= 11 is 0.688. The van der Waals surface area contributed by atoms with Crippen molar-refractivity contribution in [1.82, 2.24) is 15.6 Å². The maximum atomic E-state index is 13.4. The number of hydrogen-bond acceptors (Lipinski definition) is 5. The average molecular weight is 498 g/mol. The highest BCUT2D eigenvalue weighted by atomic mass is 32.1. The van der Waals surface area contributed by atoms with E-state index in [4.69, 9.17) is 0 Å². The minimum atomic E-state index is -4.84. The molecular weight excluding hydrogens is 472 g/mol. The van der Waals surface area contributed by atoms with Gasteiger partial charge in [-0.2, -0.15) is 13.2 Å². The first-order valence-corrected chi connectivity index (χ1v) is 11.2. The van der Waals surface area contributed by atoms with Gasteiger partial charge in [0.05, 0.1) is 5.01 Å². The van der Waals surface area contributed by atoms with E-state index in [1.54, 1.807) is 0 Å². The first-order chi connectivity index (χ1) is 15.4. The number of alkyl halides is 6. The van der Waals surface area contributed by atoms with Gasteiger partial charge < -0.3 is 15.4 Å². The zero-order valence-electron chi connectivity index (χ0n) is 18.1. The van der Waals surface area contributed by atoms with Gasteiger partial charge in [0.15, 0.2) is 5.69 Å². The highest BCUT2D eigenvalue weighted by Crippen LogP contribution is 2.34. The molecule has 33 heavy (non-hydrogen) atoms. The Balaban J connectivity index is 2.00. The standard InChI is InChI=1S/C21H25F6N3O2S/c1-3-14(4-2)28-11-9-16-30-18(20(22,23)24)17(33-16)19(31)29-10-8-13-6-5-7-15(12-13)32-21(25,26)27/h5-7,12,14,28H,3-4,8-11H2,1-2H3,(H,29,31). The molecule has 0 radical (unpaired) electrons. The number of aromatic nitrogens is 1. The first kappa shape index (κ1) is 26.9. The van der Waals surface area contributed by atoms with Crippen LogP contribution in [0.25, 0.3) is 0 Å². The number of amides is 1. The number of halogens is 6. The molecule has 0 aliphatic carbocycles. The Labute approximate surface area is 191 Å².